The van der Waals surface area contributed by atoms with E-state index in [2.05, 4.69) is 25.8 Å². The summed E-state index contributed by atoms with van der Waals surface area (Å²) in [4.78, 5) is 16.5. The zero-order chi connectivity index (χ0) is 13.8. The number of nitrogens with zero attached hydrogens (tertiary/aromatic N) is 2. The second kappa shape index (κ2) is 6.09. The summed E-state index contributed by atoms with van der Waals surface area (Å²) in [6, 6.07) is 7.95. The van der Waals surface area contributed by atoms with Gasteiger partial charge in [-0.3, -0.25) is 4.79 Å². The number of carbonyl (C=O) groups excluding carboxylic acids is 1. The van der Waals surface area contributed by atoms with Crippen LogP contribution in [0, 0.1) is 5.92 Å². The minimum atomic E-state index is 0.178. The molecule has 0 aliphatic carbocycles. The molecule has 3 nitrogen and oxygen atoms in total. The quantitative estimate of drug-likeness (QED) is 0.834. The van der Waals surface area contributed by atoms with Gasteiger partial charge in [0.15, 0.2) is 0 Å². The van der Waals surface area contributed by atoms with E-state index < -0.39 is 0 Å². The third-order valence-corrected chi connectivity index (χ3v) is 4.10. The Bertz CT molecular complexity index is 419. The van der Waals surface area contributed by atoms with E-state index in [-0.39, 0.29) is 5.91 Å². The van der Waals surface area contributed by atoms with E-state index in [0.717, 1.165) is 49.6 Å². The molecule has 0 N–H and O–H groups in total. The lowest BCUT2D eigenvalue weighted by Crippen LogP contribution is -2.37. The molecule has 1 aromatic carbocycles. The molecule has 0 aromatic heterocycles. The van der Waals surface area contributed by atoms with Crippen LogP contribution in [0.1, 0.15) is 37.0 Å². The molecule has 1 aliphatic heterocycles. The lowest BCUT2D eigenvalue weighted by molar-refractivity contribution is 0.0697. The summed E-state index contributed by atoms with van der Waals surface area (Å²) in [5, 5.41) is 0. The van der Waals surface area contributed by atoms with Crippen LogP contribution in [0.2, 0.25) is 0 Å². The minimum Gasteiger partial charge on any atom is -0.375 e. The molecule has 0 bridgehead atoms. The van der Waals surface area contributed by atoms with Crippen molar-refractivity contribution >= 4 is 11.6 Å². The molecule has 0 saturated carbocycles. The highest BCUT2D eigenvalue weighted by Crippen LogP contribution is 2.19. The van der Waals surface area contributed by atoms with Gasteiger partial charge in [0.05, 0.1) is 0 Å². The number of anilines is 1. The van der Waals surface area contributed by atoms with Crippen LogP contribution in [0.5, 0.6) is 0 Å². The summed E-state index contributed by atoms with van der Waals surface area (Å²) in [5.74, 6) is 0.933. The third kappa shape index (κ3) is 3.28. The van der Waals surface area contributed by atoms with Gasteiger partial charge in [0.25, 0.3) is 5.91 Å². The standard InChI is InChI=1S/C16H24N2O/c1-4-17(3)15-7-5-14(6-8-15)16(19)18-11-9-13(2)10-12-18/h5-8,13H,4,9-12H2,1-3H3. The van der Waals surface area contributed by atoms with Crippen LogP contribution in [-0.4, -0.2) is 37.5 Å². The smallest absolute Gasteiger partial charge is 0.253 e. The predicted molar refractivity (Wildman–Crippen MR) is 79.7 cm³/mol. The molecule has 0 atom stereocenters. The molecule has 0 unspecified atom stereocenters. The van der Waals surface area contributed by atoms with Gasteiger partial charge in [-0.25, -0.2) is 0 Å². The first-order valence-electron chi connectivity index (χ1n) is 7.22. The number of rotatable bonds is 3. The summed E-state index contributed by atoms with van der Waals surface area (Å²) in [7, 11) is 2.06. The Labute approximate surface area is 116 Å². The van der Waals surface area contributed by atoms with Gasteiger partial charge < -0.3 is 9.80 Å². The largest absolute Gasteiger partial charge is 0.375 e. The van der Waals surface area contributed by atoms with Crippen molar-refractivity contribution in [2.45, 2.75) is 26.7 Å². The summed E-state index contributed by atoms with van der Waals surface area (Å²) in [5.41, 5.74) is 1.97. The zero-order valence-corrected chi connectivity index (χ0v) is 12.2. The Kier molecular flexibility index (Phi) is 4.46. The normalized spacial score (nSPS) is 16.5. The minimum absolute atomic E-state index is 0.178. The van der Waals surface area contributed by atoms with Crippen molar-refractivity contribution < 1.29 is 4.79 Å². The molecule has 2 rings (SSSR count). The van der Waals surface area contributed by atoms with E-state index in [9.17, 15) is 4.79 Å². The van der Waals surface area contributed by atoms with Gasteiger partial charge in [-0.1, -0.05) is 6.92 Å². The van der Waals surface area contributed by atoms with Gasteiger partial charge >= 0.3 is 0 Å². The number of hydrogen-bond donors (Lipinski definition) is 0. The first-order valence-corrected chi connectivity index (χ1v) is 7.22. The molecule has 1 amide bonds. The van der Waals surface area contributed by atoms with Crippen LogP contribution in [0.15, 0.2) is 24.3 Å². The van der Waals surface area contributed by atoms with E-state index >= 15 is 0 Å². The number of hydrogen-bond acceptors (Lipinski definition) is 2. The maximum Gasteiger partial charge on any atom is 0.253 e. The summed E-state index contributed by atoms with van der Waals surface area (Å²) in [6.07, 6.45) is 2.25. The van der Waals surface area contributed by atoms with Crippen LogP contribution in [-0.2, 0) is 0 Å². The molecule has 19 heavy (non-hydrogen) atoms. The van der Waals surface area contributed by atoms with E-state index in [1.54, 1.807) is 0 Å². The van der Waals surface area contributed by atoms with Gasteiger partial charge in [0.1, 0.15) is 0 Å². The van der Waals surface area contributed by atoms with Gasteiger partial charge in [-0.05, 0) is 49.9 Å². The van der Waals surface area contributed by atoms with E-state index in [0.29, 0.717) is 0 Å². The van der Waals surface area contributed by atoms with Crippen molar-refractivity contribution in [3.63, 3.8) is 0 Å². The molecule has 1 aromatic rings. The van der Waals surface area contributed by atoms with Crippen LogP contribution >= 0.6 is 0 Å². The van der Waals surface area contributed by atoms with Crippen molar-refractivity contribution in [3.8, 4) is 0 Å². The van der Waals surface area contributed by atoms with Crippen LogP contribution in [0.3, 0.4) is 0 Å². The fraction of sp³-hybridized carbons (Fsp3) is 0.562. The molecule has 1 fully saturated rings. The second-order valence-corrected chi connectivity index (χ2v) is 5.54. The highest BCUT2D eigenvalue weighted by Gasteiger charge is 2.21. The van der Waals surface area contributed by atoms with Gasteiger partial charge in [0.2, 0.25) is 0 Å². The first kappa shape index (κ1) is 13.9. The summed E-state index contributed by atoms with van der Waals surface area (Å²) in [6.45, 7) is 7.15. The Morgan fingerprint density at radius 2 is 1.84 bits per heavy atom. The fourth-order valence-electron chi connectivity index (χ4n) is 2.44. The van der Waals surface area contributed by atoms with Crippen molar-refractivity contribution in [2.75, 3.05) is 31.6 Å². The maximum atomic E-state index is 12.4. The molecule has 0 spiro atoms. The fourth-order valence-corrected chi connectivity index (χ4v) is 2.44. The van der Waals surface area contributed by atoms with Crippen molar-refractivity contribution in [1.82, 2.24) is 4.90 Å². The molecule has 1 aliphatic rings. The number of likely N-dealkylation sites (tertiary alicyclic amines) is 1. The SMILES string of the molecule is CCN(C)c1ccc(C(=O)N2CCC(C)CC2)cc1. The summed E-state index contributed by atoms with van der Waals surface area (Å²) >= 11 is 0. The van der Waals surface area contributed by atoms with Gasteiger partial charge in [-0.15, -0.1) is 0 Å². The number of piperidine rings is 1. The molecular formula is C16H24N2O. The van der Waals surface area contributed by atoms with E-state index in [1.807, 2.05) is 29.2 Å². The van der Waals surface area contributed by atoms with E-state index in [4.69, 9.17) is 0 Å². The highest BCUT2D eigenvalue weighted by atomic mass is 16.2. The third-order valence-electron chi connectivity index (χ3n) is 4.10. The molecular weight excluding hydrogens is 236 g/mol. The first-order chi connectivity index (χ1) is 9.11. The van der Waals surface area contributed by atoms with Gasteiger partial charge in [0, 0.05) is 37.9 Å². The summed E-state index contributed by atoms with van der Waals surface area (Å²) < 4.78 is 0. The Balaban J connectivity index is 2.03. The zero-order valence-electron chi connectivity index (χ0n) is 12.2. The average Bonchev–Trinajstić information content (AvgIpc) is 2.46. The van der Waals surface area contributed by atoms with Gasteiger partial charge in [-0.2, -0.15) is 0 Å². The Hall–Kier alpha value is -1.51. The van der Waals surface area contributed by atoms with Crippen LogP contribution < -0.4 is 4.90 Å². The lowest BCUT2D eigenvalue weighted by atomic mass is 9.98. The Morgan fingerprint density at radius 3 is 2.37 bits per heavy atom. The second-order valence-electron chi connectivity index (χ2n) is 5.54. The molecule has 0 radical (unpaired) electrons. The van der Waals surface area contributed by atoms with Crippen LogP contribution in [0.4, 0.5) is 5.69 Å². The maximum absolute atomic E-state index is 12.4. The van der Waals surface area contributed by atoms with Crippen molar-refractivity contribution in [1.29, 1.82) is 0 Å². The predicted octanol–water partition coefficient (Wildman–Crippen LogP) is 3.01. The number of carbonyl (C=O) groups is 1. The Morgan fingerprint density at radius 1 is 1.26 bits per heavy atom. The van der Waals surface area contributed by atoms with Crippen molar-refractivity contribution in [3.05, 3.63) is 29.8 Å². The van der Waals surface area contributed by atoms with Crippen LogP contribution in [0.25, 0.3) is 0 Å². The highest BCUT2D eigenvalue weighted by molar-refractivity contribution is 5.94. The topological polar surface area (TPSA) is 23.6 Å². The van der Waals surface area contributed by atoms with Crippen molar-refractivity contribution in [2.24, 2.45) is 5.92 Å². The molecule has 3 heteroatoms. The molecule has 104 valence electrons. The molecule has 1 saturated heterocycles. The monoisotopic (exact) mass is 260 g/mol. The lowest BCUT2D eigenvalue weighted by Gasteiger charge is -2.30. The van der Waals surface area contributed by atoms with E-state index in [1.165, 1.54) is 0 Å². The molecule has 1 heterocycles. The average molecular weight is 260 g/mol. The number of benzene rings is 1. The number of amides is 1.